The molecule has 1 aliphatic rings. The maximum Gasteiger partial charge on any atom is 0.231 e. The minimum atomic E-state index is -0.00453. The summed E-state index contributed by atoms with van der Waals surface area (Å²) in [6, 6.07) is 19.5. The van der Waals surface area contributed by atoms with Gasteiger partial charge in [0.1, 0.15) is 6.04 Å². The number of amides is 1. The van der Waals surface area contributed by atoms with Crippen LogP contribution < -0.4 is 4.90 Å². The molecule has 0 N–H and O–H groups in total. The zero-order chi connectivity index (χ0) is 13.1. The van der Waals surface area contributed by atoms with Crippen molar-refractivity contribution in [1.82, 2.24) is 0 Å². The molecule has 0 aromatic heterocycles. The van der Waals surface area contributed by atoms with Gasteiger partial charge in [-0.25, -0.2) is 0 Å². The number of nitrogens with zero attached hydrogens (tertiary/aromatic N) is 1. The molecule has 2 aromatic rings. The fourth-order valence-corrected chi connectivity index (χ4v) is 2.13. The Bertz CT molecular complexity index is 637. The molecule has 3 rings (SSSR count). The second-order valence-corrected chi connectivity index (χ2v) is 4.45. The maximum absolute atomic E-state index is 11.7. The van der Waals surface area contributed by atoms with Crippen molar-refractivity contribution in [3.05, 3.63) is 66.2 Å². The van der Waals surface area contributed by atoms with Crippen LogP contribution in [0.5, 0.6) is 0 Å². The lowest BCUT2D eigenvalue weighted by Gasteiger charge is -2.37. The average Bonchev–Trinajstić information content (AvgIpc) is 2.45. The van der Waals surface area contributed by atoms with Gasteiger partial charge in [0.05, 0.1) is 6.42 Å². The van der Waals surface area contributed by atoms with Crippen molar-refractivity contribution in [3.63, 3.8) is 0 Å². The molecule has 0 radical (unpaired) electrons. The maximum atomic E-state index is 11.7. The van der Waals surface area contributed by atoms with E-state index in [-0.39, 0.29) is 11.9 Å². The normalized spacial score (nSPS) is 17.4. The van der Waals surface area contributed by atoms with E-state index in [2.05, 4.69) is 11.8 Å². The van der Waals surface area contributed by atoms with Crippen LogP contribution in [0.15, 0.2) is 60.7 Å². The smallest absolute Gasteiger partial charge is 0.231 e. The van der Waals surface area contributed by atoms with Crippen molar-refractivity contribution >= 4 is 11.6 Å². The summed E-state index contributed by atoms with van der Waals surface area (Å²) in [6.07, 6.45) is 0.509. The number of hydrogen-bond donors (Lipinski definition) is 0. The van der Waals surface area contributed by atoms with E-state index in [1.165, 1.54) is 0 Å². The molecule has 1 saturated heterocycles. The van der Waals surface area contributed by atoms with Gasteiger partial charge in [0, 0.05) is 11.3 Å². The van der Waals surface area contributed by atoms with E-state index in [0.717, 1.165) is 11.3 Å². The van der Waals surface area contributed by atoms with Crippen LogP contribution in [0.25, 0.3) is 0 Å². The number of hydrogen-bond acceptors (Lipinski definition) is 1. The lowest BCUT2D eigenvalue weighted by atomic mass is 10.0. The van der Waals surface area contributed by atoms with E-state index >= 15 is 0 Å². The molecule has 92 valence electrons. The first kappa shape index (κ1) is 11.6. The largest absolute Gasteiger partial charge is 0.297 e. The van der Waals surface area contributed by atoms with E-state index in [9.17, 15) is 4.79 Å². The first-order valence-corrected chi connectivity index (χ1v) is 6.28. The second kappa shape index (κ2) is 4.99. The Morgan fingerprint density at radius 3 is 2.21 bits per heavy atom. The minimum Gasteiger partial charge on any atom is -0.297 e. The summed E-state index contributed by atoms with van der Waals surface area (Å²) in [5.41, 5.74) is 1.90. The van der Waals surface area contributed by atoms with Gasteiger partial charge in [0.15, 0.2) is 0 Å². The van der Waals surface area contributed by atoms with Crippen LogP contribution in [0.4, 0.5) is 5.69 Å². The Morgan fingerprint density at radius 1 is 0.947 bits per heavy atom. The molecule has 1 heterocycles. The topological polar surface area (TPSA) is 20.3 Å². The molecule has 0 saturated carbocycles. The van der Waals surface area contributed by atoms with Crippen LogP contribution in [0, 0.1) is 11.8 Å². The third-order valence-electron chi connectivity index (χ3n) is 3.14. The Kier molecular flexibility index (Phi) is 3.04. The van der Waals surface area contributed by atoms with Crippen molar-refractivity contribution < 1.29 is 4.79 Å². The lowest BCUT2D eigenvalue weighted by molar-refractivity contribution is -0.123. The summed E-state index contributed by atoms with van der Waals surface area (Å²) in [5.74, 6) is 6.43. The lowest BCUT2D eigenvalue weighted by Crippen LogP contribution is -2.52. The molecule has 2 nitrogen and oxygen atoms in total. The highest BCUT2D eigenvalue weighted by atomic mass is 16.2. The Hall–Kier alpha value is -2.53. The van der Waals surface area contributed by atoms with Crippen LogP contribution >= 0.6 is 0 Å². The number of carbonyl (C=O) groups excluding carboxylic acids is 1. The van der Waals surface area contributed by atoms with Gasteiger partial charge in [-0.05, 0) is 24.3 Å². The predicted molar refractivity (Wildman–Crippen MR) is 75.7 cm³/mol. The number of benzene rings is 2. The summed E-state index contributed by atoms with van der Waals surface area (Å²) >= 11 is 0. The van der Waals surface area contributed by atoms with Crippen molar-refractivity contribution in [3.8, 4) is 11.8 Å². The van der Waals surface area contributed by atoms with Crippen LogP contribution in [0.2, 0.25) is 0 Å². The number of para-hydroxylation sites is 1. The Balaban J connectivity index is 1.80. The molecule has 1 unspecified atom stereocenters. The van der Waals surface area contributed by atoms with Gasteiger partial charge in [-0.3, -0.25) is 9.69 Å². The quantitative estimate of drug-likeness (QED) is 0.560. The molecule has 0 bridgehead atoms. The van der Waals surface area contributed by atoms with Gasteiger partial charge < -0.3 is 0 Å². The monoisotopic (exact) mass is 247 g/mol. The van der Waals surface area contributed by atoms with Gasteiger partial charge in [0.25, 0.3) is 0 Å². The molecule has 2 heteroatoms. The molecule has 1 aliphatic heterocycles. The molecule has 1 fully saturated rings. The van der Waals surface area contributed by atoms with E-state index in [0.29, 0.717) is 6.42 Å². The second-order valence-electron chi connectivity index (χ2n) is 4.45. The van der Waals surface area contributed by atoms with Crippen molar-refractivity contribution in [1.29, 1.82) is 0 Å². The number of anilines is 1. The first-order valence-electron chi connectivity index (χ1n) is 6.28. The zero-order valence-electron chi connectivity index (χ0n) is 10.4. The molecule has 0 aliphatic carbocycles. The highest BCUT2D eigenvalue weighted by molar-refractivity contribution is 6.02. The Morgan fingerprint density at radius 2 is 1.58 bits per heavy atom. The summed E-state index contributed by atoms with van der Waals surface area (Å²) in [7, 11) is 0. The van der Waals surface area contributed by atoms with Crippen LogP contribution in [0.1, 0.15) is 12.0 Å². The summed E-state index contributed by atoms with van der Waals surface area (Å²) in [6.45, 7) is 0. The van der Waals surface area contributed by atoms with Crippen LogP contribution in [0.3, 0.4) is 0 Å². The van der Waals surface area contributed by atoms with E-state index in [4.69, 9.17) is 0 Å². The molecule has 2 aromatic carbocycles. The SMILES string of the molecule is O=C1CC(C#Cc2ccccc2)N1c1ccccc1. The highest BCUT2D eigenvalue weighted by Gasteiger charge is 2.35. The predicted octanol–water partition coefficient (Wildman–Crippen LogP) is 2.84. The van der Waals surface area contributed by atoms with Gasteiger partial charge >= 0.3 is 0 Å². The average molecular weight is 247 g/mol. The number of β-lactam (4-membered cyclic amide) rings is 1. The standard InChI is InChI=1S/C17H13NO/c19-17-13-16(12-11-14-7-3-1-4-8-14)18(17)15-9-5-2-6-10-15/h1-10,16H,13H2. The van der Waals surface area contributed by atoms with Gasteiger partial charge in [-0.1, -0.05) is 48.2 Å². The molecular weight excluding hydrogens is 234 g/mol. The first-order chi connectivity index (χ1) is 9.34. The fraction of sp³-hybridized carbons (Fsp3) is 0.118. The minimum absolute atomic E-state index is 0.00453. The van der Waals surface area contributed by atoms with E-state index < -0.39 is 0 Å². The van der Waals surface area contributed by atoms with Gasteiger partial charge in [0.2, 0.25) is 5.91 Å². The number of carbonyl (C=O) groups is 1. The van der Waals surface area contributed by atoms with Gasteiger partial charge in [-0.2, -0.15) is 0 Å². The summed E-state index contributed by atoms with van der Waals surface area (Å²) in [4.78, 5) is 13.5. The van der Waals surface area contributed by atoms with Crippen molar-refractivity contribution in [2.75, 3.05) is 4.90 Å². The van der Waals surface area contributed by atoms with E-state index in [1.807, 2.05) is 60.7 Å². The molecular formula is C17H13NO. The zero-order valence-corrected chi connectivity index (χ0v) is 10.4. The van der Waals surface area contributed by atoms with Crippen molar-refractivity contribution in [2.45, 2.75) is 12.5 Å². The fourth-order valence-electron chi connectivity index (χ4n) is 2.13. The third kappa shape index (κ3) is 2.36. The highest BCUT2D eigenvalue weighted by Crippen LogP contribution is 2.26. The number of rotatable bonds is 1. The van der Waals surface area contributed by atoms with Crippen LogP contribution in [-0.4, -0.2) is 11.9 Å². The van der Waals surface area contributed by atoms with Crippen LogP contribution in [-0.2, 0) is 4.79 Å². The molecule has 1 atom stereocenters. The molecule has 19 heavy (non-hydrogen) atoms. The third-order valence-corrected chi connectivity index (χ3v) is 3.14. The van der Waals surface area contributed by atoms with Crippen molar-refractivity contribution in [2.24, 2.45) is 0 Å². The summed E-state index contributed by atoms with van der Waals surface area (Å²) < 4.78 is 0. The van der Waals surface area contributed by atoms with E-state index in [1.54, 1.807) is 4.90 Å². The Labute approximate surface area is 112 Å². The summed E-state index contributed by atoms with van der Waals surface area (Å²) in [5, 5.41) is 0. The molecule has 1 amide bonds. The van der Waals surface area contributed by atoms with Gasteiger partial charge in [-0.15, -0.1) is 0 Å². The molecule has 0 spiro atoms.